The molecule has 0 bridgehead atoms. The predicted molar refractivity (Wildman–Crippen MR) is 80.7 cm³/mol. The summed E-state index contributed by atoms with van der Waals surface area (Å²) in [4.78, 5) is 14.0. The van der Waals surface area contributed by atoms with E-state index >= 15 is 0 Å². The molecule has 4 heteroatoms. The van der Waals surface area contributed by atoms with Crippen LogP contribution in [0, 0.1) is 0 Å². The lowest BCUT2D eigenvalue weighted by atomic mass is 10.2. The minimum absolute atomic E-state index is 0.0202. The van der Waals surface area contributed by atoms with Crippen molar-refractivity contribution >= 4 is 17.1 Å². The van der Waals surface area contributed by atoms with Gasteiger partial charge in [0.05, 0.1) is 11.5 Å². The molecule has 0 aliphatic heterocycles. The number of carbonyl (C=O) groups excluding carboxylic acids is 1. The molecule has 0 spiro atoms. The van der Waals surface area contributed by atoms with Crippen LogP contribution >= 0.6 is 11.3 Å². The maximum absolute atomic E-state index is 12.0. The standard InChI is InChI=1S/C16H18O3S/c1-3-14-7-8-16(20-14)15(17)11-19-13-6-4-5-12(9-13)10-18-2/h4-9H,3,10-11H2,1-2H3. The molecule has 0 amide bonds. The van der Waals surface area contributed by atoms with Crippen molar-refractivity contribution < 1.29 is 14.3 Å². The minimum Gasteiger partial charge on any atom is -0.485 e. The largest absolute Gasteiger partial charge is 0.485 e. The monoisotopic (exact) mass is 290 g/mol. The van der Waals surface area contributed by atoms with Gasteiger partial charge in [0.25, 0.3) is 0 Å². The van der Waals surface area contributed by atoms with Gasteiger partial charge in [0, 0.05) is 12.0 Å². The Morgan fingerprint density at radius 3 is 2.80 bits per heavy atom. The second-order valence-corrected chi connectivity index (χ2v) is 5.58. The Hall–Kier alpha value is -1.65. The third-order valence-corrected chi connectivity index (χ3v) is 4.13. The second-order valence-electron chi connectivity index (χ2n) is 4.41. The highest BCUT2D eigenvalue weighted by Crippen LogP contribution is 2.19. The molecule has 0 radical (unpaired) electrons. The molecule has 20 heavy (non-hydrogen) atoms. The molecule has 0 aliphatic carbocycles. The number of rotatable bonds is 7. The summed E-state index contributed by atoms with van der Waals surface area (Å²) in [5.74, 6) is 0.715. The fraction of sp³-hybridized carbons (Fsp3) is 0.312. The summed E-state index contributed by atoms with van der Waals surface area (Å²) in [6.07, 6.45) is 0.956. The summed E-state index contributed by atoms with van der Waals surface area (Å²) in [6.45, 7) is 2.69. The Kier molecular flexibility index (Phi) is 5.32. The number of ketones is 1. The van der Waals surface area contributed by atoms with Crippen molar-refractivity contribution in [2.75, 3.05) is 13.7 Å². The van der Waals surface area contributed by atoms with E-state index in [1.54, 1.807) is 7.11 Å². The molecule has 2 aromatic rings. The first-order valence-electron chi connectivity index (χ1n) is 6.55. The van der Waals surface area contributed by atoms with Crippen LogP contribution in [0.1, 0.15) is 27.0 Å². The van der Waals surface area contributed by atoms with Crippen LogP contribution in [0.4, 0.5) is 0 Å². The highest BCUT2D eigenvalue weighted by molar-refractivity contribution is 7.14. The first kappa shape index (κ1) is 14.8. The highest BCUT2D eigenvalue weighted by atomic mass is 32.1. The van der Waals surface area contributed by atoms with E-state index in [1.807, 2.05) is 36.4 Å². The lowest BCUT2D eigenvalue weighted by molar-refractivity contribution is 0.0925. The maximum atomic E-state index is 12.0. The molecule has 0 N–H and O–H groups in total. The average molecular weight is 290 g/mol. The Labute approximate surface area is 123 Å². The van der Waals surface area contributed by atoms with Crippen molar-refractivity contribution in [3.8, 4) is 5.75 Å². The van der Waals surface area contributed by atoms with Gasteiger partial charge >= 0.3 is 0 Å². The second kappa shape index (κ2) is 7.22. The van der Waals surface area contributed by atoms with Crippen LogP contribution in [0.15, 0.2) is 36.4 Å². The topological polar surface area (TPSA) is 35.5 Å². The Balaban J connectivity index is 1.94. The highest BCUT2D eigenvalue weighted by Gasteiger charge is 2.10. The first-order chi connectivity index (χ1) is 9.72. The van der Waals surface area contributed by atoms with Gasteiger partial charge < -0.3 is 9.47 Å². The van der Waals surface area contributed by atoms with Gasteiger partial charge in [-0.25, -0.2) is 0 Å². The maximum Gasteiger partial charge on any atom is 0.210 e. The number of thiophene rings is 1. The van der Waals surface area contributed by atoms with Crippen LogP contribution < -0.4 is 4.74 Å². The number of carbonyl (C=O) groups is 1. The first-order valence-corrected chi connectivity index (χ1v) is 7.37. The summed E-state index contributed by atoms with van der Waals surface area (Å²) >= 11 is 1.54. The minimum atomic E-state index is 0.0202. The fourth-order valence-electron chi connectivity index (χ4n) is 1.83. The average Bonchev–Trinajstić information content (AvgIpc) is 2.94. The van der Waals surface area contributed by atoms with Crippen molar-refractivity contribution in [3.05, 3.63) is 51.7 Å². The van der Waals surface area contributed by atoms with Crippen LogP contribution in [-0.2, 0) is 17.8 Å². The van der Waals surface area contributed by atoms with Gasteiger partial charge in [-0.05, 0) is 36.2 Å². The van der Waals surface area contributed by atoms with Gasteiger partial charge in [0.1, 0.15) is 5.75 Å². The zero-order valence-corrected chi connectivity index (χ0v) is 12.5. The normalized spacial score (nSPS) is 10.5. The Morgan fingerprint density at radius 1 is 1.25 bits per heavy atom. The summed E-state index contributed by atoms with van der Waals surface area (Å²) in [6, 6.07) is 11.5. The molecule has 0 aliphatic rings. The van der Waals surface area contributed by atoms with E-state index in [9.17, 15) is 4.79 Å². The van der Waals surface area contributed by atoms with E-state index in [0.29, 0.717) is 12.4 Å². The molecule has 106 valence electrons. The number of hydrogen-bond acceptors (Lipinski definition) is 4. The van der Waals surface area contributed by atoms with E-state index in [4.69, 9.17) is 9.47 Å². The van der Waals surface area contributed by atoms with Crippen LogP contribution in [0.5, 0.6) is 5.75 Å². The third-order valence-electron chi connectivity index (χ3n) is 2.86. The smallest absolute Gasteiger partial charge is 0.210 e. The molecule has 3 nitrogen and oxygen atoms in total. The third kappa shape index (κ3) is 3.92. The lowest BCUT2D eigenvalue weighted by Gasteiger charge is -2.06. The number of benzene rings is 1. The fourth-order valence-corrected chi connectivity index (χ4v) is 2.70. The van der Waals surface area contributed by atoms with E-state index in [-0.39, 0.29) is 12.4 Å². The molecule has 0 unspecified atom stereocenters. The van der Waals surface area contributed by atoms with Crippen LogP contribution in [0.25, 0.3) is 0 Å². The molecule has 1 heterocycles. The molecule has 0 saturated carbocycles. The summed E-state index contributed by atoms with van der Waals surface area (Å²) < 4.78 is 10.6. The van der Waals surface area contributed by atoms with Crippen molar-refractivity contribution in [1.29, 1.82) is 0 Å². The molecule has 0 atom stereocenters. The van der Waals surface area contributed by atoms with E-state index in [0.717, 1.165) is 16.9 Å². The van der Waals surface area contributed by atoms with E-state index in [1.165, 1.54) is 16.2 Å². The van der Waals surface area contributed by atoms with Crippen LogP contribution in [0.3, 0.4) is 0 Å². The molecule has 0 fully saturated rings. The number of Topliss-reactive ketones (excluding diaryl/α,β-unsaturated/α-hetero) is 1. The van der Waals surface area contributed by atoms with E-state index < -0.39 is 0 Å². The van der Waals surface area contributed by atoms with Crippen molar-refractivity contribution in [2.24, 2.45) is 0 Å². The van der Waals surface area contributed by atoms with Gasteiger partial charge in [-0.2, -0.15) is 0 Å². The van der Waals surface area contributed by atoms with Crippen LogP contribution in [0.2, 0.25) is 0 Å². The lowest BCUT2D eigenvalue weighted by Crippen LogP contribution is -2.10. The molecule has 0 saturated heterocycles. The van der Waals surface area contributed by atoms with Gasteiger partial charge in [-0.1, -0.05) is 19.1 Å². The van der Waals surface area contributed by atoms with E-state index in [2.05, 4.69) is 6.92 Å². The van der Waals surface area contributed by atoms with Gasteiger partial charge in [0.2, 0.25) is 5.78 Å². The Morgan fingerprint density at radius 2 is 2.10 bits per heavy atom. The number of hydrogen-bond donors (Lipinski definition) is 0. The number of methoxy groups -OCH3 is 1. The predicted octanol–water partition coefficient (Wildman–Crippen LogP) is 3.72. The molecule has 1 aromatic heterocycles. The number of ether oxygens (including phenoxy) is 2. The van der Waals surface area contributed by atoms with Crippen molar-refractivity contribution in [2.45, 2.75) is 20.0 Å². The summed E-state index contributed by atoms with van der Waals surface area (Å²) in [5.41, 5.74) is 1.03. The number of aryl methyl sites for hydroxylation is 1. The summed E-state index contributed by atoms with van der Waals surface area (Å²) in [7, 11) is 1.65. The van der Waals surface area contributed by atoms with Gasteiger partial charge in [-0.3, -0.25) is 4.79 Å². The molecule has 1 aromatic carbocycles. The van der Waals surface area contributed by atoms with Gasteiger partial charge in [0.15, 0.2) is 6.61 Å². The van der Waals surface area contributed by atoms with Crippen LogP contribution in [-0.4, -0.2) is 19.5 Å². The molecule has 2 rings (SSSR count). The molecular weight excluding hydrogens is 272 g/mol. The van der Waals surface area contributed by atoms with Crippen molar-refractivity contribution in [1.82, 2.24) is 0 Å². The SMILES string of the molecule is CCc1ccc(C(=O)COc2cccc(COC)c2)s1. The van der Waals surface area contributed by atoms with Gasteiger partial charge in [-0.15, -0.1) is 11.3 Å². The summed E-state index contributed by atoms with van der Waals surface area (Å²) in [5, 5.41) is 0. The quantitative estimate of drug-likeness (QED) is 0.729. The zero-order valence-electron chi connectivity index (χ0n) is 11.7. The molecular formula is C16H18O3S. The zero-order chi connectivity index (χ0) is 14.4. The Bertz CT molecular complexity index is 575. The van der Waals surface area contributed by atoms with Crippen molar-refractivity contribution in [3.63, 3.8) is 0 Å².